The van der Waals surface area contributed by atoms with Gasteiger partial charge in [0.15, 0.2) is 0 Å². The van der Waals surface area contributed by atoms with E-state index in [4.69, 9.17) is 4.84 Å². The zero-order valence-electron chi connectivity index (χ0n) is 12.2. The summed E-state index contributed by atoms with van der Waals surface area (Å²) in [6.07, 6.45) is 0. The van der Waals surface area contributed by atoms with E-state index >= 15 is 0 Å². The standard InChI is InChI=1S/C17H20N2O2/c1-18-16(17(20)19-21-2)15(13-9-5-3-6-10-13)14-11-7-4-8-12-14/h3-12,15-16,18H,1-2H3,(H,19,20)/t16-/m1/s1. The summed E-state index contributed by atoms with van der Waals surface area (Å²) in [6.45, 7) is 0. The second-order valence-electron chi connectivity index (χ2n) is 4.74. The second-order valence-corrected chi connectivity index (χ2v) is 4.74. The lowest BCUT2D eigenvalue weighted by Gasteiger charge is -2.26. The molecule has 0 fully saturated rings. The van der Waals surface area contributed by atoms with Crippen LogP contribution in [0.5, 0.6) is 0 Å². The van der Waals surface area contributed by atoms with Gasteiger partial charge in [-0.05, 0) is 18.2 Å². The van der Waals surface area contributed by atoms with Crippen molar-refractivity contribution in [1.29, 1.82) is 0 Å². The molecule has 0 aliphatic carbocycles. The fourth-order valence-electron chi connectivity index (χ4n) is 2.51. The third kappa shape index (κ3) is 3.68. The first kappa shape index (κ1) is 15.2. The quantitative estimate of drug-likeness (QED) is 0.799. The minimum absolute atomic E-state index is 0.0902. The molecule has 0 radical (unpaired) electrons. The lowest BCUT2D eigenvalue weighted by Crippen LogP contribution is -2.46. The van der Waals surface area contributed by atoms with Gasteiger partial charge in [-0.2, -0.15) is 0 Å². The maximum atomic E-state index is 12.3. The Morgan fingerprint density at radius 3 is 1.81 bits per heavy atom. The Labute approximate surface area is 125 Å². The third-order valence-corrected chi connectivity index (χ3v) is 3.45. The van der Waals surface area contributed by atoms with Crippen molar-refractivity contribution in [2.45, 2.75) is 12.0 Å². The van der Waals surface area contributed by atoms with Crippen LogP contribution in [0, 0.1) is 0 Å². The predicted octanol–water partition coefficient (Wildman–Crippen LogP) is 2.08. The number of carbonyl (C=O) groups is 1. The molecule has 0 saturated carbocycles. The molecule has 0 heterocycles. The van der Waals surface area contributed by atoms with E-state index in [9.17, 15) is 4.79 Å². The Kier molecular flexibility index (Phi) is 5.49. The SMILES string of the molecule is CN[C@@H](C(=O)NOC)C(c1ccccc1)c1ccccc1. The lowest BCUT2D eigenvalue weighted by molar-refractivity contribution is -0.133. The van der Waals surface area contributed by atoms with Gasteiger partial charge < -0.3 is 5.32 Å². The van der Waals surface area contributed by atoms with Gasteiger partial charge in [-0.15, -0.1) is 0 Å². The fourth-order valence-corrected chi connectivity index (χ4v) is 2.51. The van der Waals surface area contributed by atoms with E-state index in [1.165, 1.54) is 7.11 Å². The van der Waals surface area contributed by atoms with Crippen molar-refractivity contribution in [2.75, 3.05) is 14.2 Å². The minimum atomic E-state index is -0.422. The number of hydroxylamine groups is 1. The monoisotopic (exact) mass is 284 g/mol. The summed E-state index contributed by atoms with van der Waals surface area (Å²) in [5.74, 6) is -0.287. The molecule has 4 heteroatoms. The van der Waals surface area contributed by atoms with Gasteiger partial charge >= 0.3 is 0 Å². The van der Waals surface area contributed by atoms with Crippen LogP contribution in [-0.2, 0) is 9.63 Å². The van der Waals surface area contributed by atoms with Gasteiger partial charge in [0.25, 0.3) is 5.91 Å². The Hall–Kier alpha value is -2.17. The smallest absolute Gasteiger partial charge is 0.261 e. The molecule has 0 bridgehead atoms. The van der Waals surface area contributed by atoms with Crippen molar-refractivity contribution in [3.63, 3.8) is 0 Å². The van der Waals surface area contributed by atoms with Crippen molar-refractivity contribution < 1.29 is 9.63 Å². The van der Waals surface area contributed by atoms with Crippen LogP contribution in [-0.4, -0.2) is 26.1 Å². The highest BCUT2D eigenvalue weighted by atomic mass is 16.6. The lowest BCUT2D eigenvalue weighted by atomic mass is 9.84. The molecule has 2 aromatic carbocycles. The maximum Gasteiger partial charge on any atom is 0.261 e. The summed E-state index contributed by atoms with van der Waals surface area (Å²) in [6, 6.07) is 19.5. The second kappa shape index (κ2) is 7.57. The van der Waals surface area contributed by atoms with Gasteiger partial charge in [-0.3, -0.25) is 9.63 Å². The van der Waals surface area contributed by atoms with E-state index in [-0.39, 0.29) is 11.8 Å². The number of carbonyl (C=O) groups excluding carboxylic acids is 1. The van der Waals surface area contributed by atoms with Crippen LogP contribution in [0.3, 0.4) is 0 Å². The van der Waals surface area contributed by atoms with Crippen LogP contribution in [0.4, 0.5) is 0 Å². The highest BCUT2D eigenvalue weighted by Crippen LogP contribution is 2.28. The molecule has 2 N–H and O–H groups in total. The first-order valence-corrected chi connectivity index (χ1v) is 6.88. The molecule has 0 unspecified atom stereocenters. The van der Waals surface area contributed by atoms with Crippen molar-refractivity contribution in [3.05, 3.63) is 71.8 Å². The van der Waals surface area contributed by atoms with Crippen molar-refractivity contribution in [2.24, 2.45) is 0 Å². The van der Waals surface area contributed by atoms with Crippen LogP contribution < -0.4 is 10.8 Å². The molecule has 1 atom stereocenters. The van der Waals surface area contributed by atoms with E-state index in [0.29, 0.717) is 0 Å². The highest BCUT2D eigenvalue weighted by Gasteiger charge is 2.29. The number of rotatable bonds is 6. The maximum absolute atomic E-state index is 12.3. The number of nitrogens with one attached hydrogen (secondary N) is 2. The molecule has 1 amide bonds. The van der Waals surface area contributed by atoms with Gasteiger partial charge in [0.2, 0.25) is 0 Å². The zero-order valence-corrected chi connectivity index (χ0v) is 12.2. The van der Waals surface area contributed by atoms with Gasteiger partial charge in [0, 0.05) is 5.92 Å². The van der Waals surface area contributed by atoms with E-state index < -0.39 is 6.04 Å². The van der Waals surface area contributed by atoms with Crippen LogP contribution >= 0.6 is 0 Å². The normalized spacial score (nSPS) is 12.1. The van der Waals surface area contributed by atoms with Gasteiger partial charge in [0.1, 0.15) is 0 Å². The third-order valence-electron chi connectivity index (χ3n) is 3.45. The van der Waals surface area contributed by atoms with Crippen molar-refractivity contribution in [3.8, 4) is 0 Å². The molecular formula is C17H20N2O2. The summed E-state index contributed by atoms with van der Waals surface area (Å²) in [5.41, 5.74) is 4.57. The van der Waals surface area contributed by atoms with Crippen LogP contribution in [0.2, 0.25) is 0 Å². The van der Waals surface area contributed by atoms with E-state index in [0.717, 1.165) is 11.1 Å². The molecular weight excluding hydrogens is 264 g/mol. The number of likely N-dealkylation sites (N-methyl/N-ethyl adjacent to an activating group) is 1. The van der Waals surface area contributed by atoms with Crippen LogP contribution in [0.25, 0.3) is 0 Å². The first-order chi connectivity index (χ1) is 10.3. The highest BCUT2D eigenvalue weighted by molar-refractivity contribution is 5.82. The zero-order chi connectivity index (χ0) is 15.1. The Morgan fingerprint density at radius 2 is 1.43 bits per heavy atom. The molecule has 0 saturated heterocycles. The Morgan fingerprint density at radius 1 is 0.952 bits per heavy atom. The number of amides is 1. The van der Waals surface area contributed by atoms with E-state index in [1.807, 2.05) is 60.7 Å². The summed E-state index contributed by atoms with van der Waals surface area (Å²) in [4.78, 5) is 17.0. The molecule has 0 aromatic heterocycles. The predicted molar refractivity (Wildman–Crippen MR) is 82.7 cm³/mol. The van der Waals surface area contributed by atoms with Gasteiger partial charge in [-0.25, -0.2) is 5.48 Å². The number of hydrogen-bond acceptors (Lipinski definition) is 3. The van der Waals surface area contributed by atoms with Gasteiger partial charge in [0.05, 0.1) is 13.2 Å². The Bertz CT molecular complexity index is 518. The fraction of sp³-hybridized carbons (Fsp3) is 0.235. The molecule has 4 nitrogen and oxygen atoms in total. The van der Waals surface area contributed by atoms with Crippen molar-refractivity contribution >= 4 is 5.91 Å². The van der Waals surface area contributed by atoms with E-state index in [2.05, 4.69) is 10.8 Å². The van der Waals surface area contributed by atoms with Crippen molar-refractivity contribution in [1.82, 2.24) is 10.8 Å². The molecule has 0 aliphatic heterocycles. The molecule has 2 rings (SSSR count). The summed E-state index contributed by atoms with van der Waals surface area (Å²) in [7, 11) is 3.21. The summed E-state index contributed by atoms with van der Waals surface area (Å²) < 4.78 is 0. The molecule has 110 valence electrons. The Balaban J connectivity index is 2.43. The van der Waals surface area contributed by atoms with Gasteiger partial charge in [-0.1, -0.05) is 60.7 Å². The summed E-state index contributed by atoms with van der Waals surface area (Å²) >= 11 is 0. The molecule has 21 heavy (non-hydrogen) atoms. The molecule has 0 aliphatic rings. The molecule has 0 spiro atoms. The number of hydrogen-bond donors (Lipinski definition) is 2. The molecule has 2 aromatic rings. The minimum Gasteiger partial charge on any atom is -0.308 e. The van der Waals surface area contributed by atoms with Crippen LogP contribution in [0.1, 0.15) is 17.0 Å². The van der Waals surface area contributed by atoms with Crippen LogP contribution in [0.15, 0.2) is 60.7 Å². The topological polar surface area (TPSA) is 50.4 Å². The first-order valence-electron chi connectivity index (χ1n) is 6.88. The average molecular weight is 284 g/mol. The summed E-state index contributed by atoms with van der Waals surface area (Å²) in [5, 5.41) is 3.09. The van der Waals surface area contributed by atoms with E-state index in [1.54, 1.807) is 7.05 Å². The largest absolute Gasteiger partial charge is 0.308 e. The number of benzene rings is 2. The average Bonchev–Trinajstić information content (AvgIpc) is 2.54.